The summed E-state index contributed by atoms with van der Waals surface area (Å²) in [5.41, 5.74) is 20.9. The monoisotopic (exact) mass is 1450 g/mol. The van der Waals surface area contributed by atoms with Crippen LogP contribution in [0, 0.1) is 0 Å². The number of fused-ring (bicyclic) bond motifs is 1. The predicted molar refractivity (Wildman–Crippen MR) is 386 cm³/mol. The van der Waals surface area contributed by atoms with E-state index in [1.165, 1.54) is 68.0 Å². The predicted octanol–water partition coefficient (Wildman–Crippen LogP) is -1.02. The number of phenolic OH excluding ortho intramolecular Hbond substituents is 1. The molecule has 6 rings (SSSR count). The number of aliphatic carboxylic acids is 1. The number of H-pyrrole nitrogens is 3. The quantitative estimate of drug-likeness (QED) is 0.0161. The molecule has 0 aliphatic rings. The summed E-state index contributed by atoms with van der Waals surface area (Å²) >= 11 is 10.2. The molecule has 3 aromatic carbocycles. The van der Waals surface area contributed by atoms with Gasteiger partial charge in [0.15, 0.2) is 0 Å². The molecule has 34 heteroatoms. The average Bonchev–Trinajstić information content (AvgIpc) is 1.75. The van der Waals surface area contributed by atoms with Crippen LogP contribution in [0.25, 0.3) is 10.9 Å². The third-order valence-corrected chi connectivity index (χ3v) is 17.7. The lowest BCUT2D eigenvalue weighted by atomic mass is 10.0. The first-order chi connectivity index (χ1) is 48.5. The maximum atomic E-state index is 14.8. The third kappa shape index (κ3) is 26.2. The Kier molecular flexibility index (Phi) is 33.4. The summed E-state index contributed by atoms with van der Waals surface area (Å²) in [7, 11) is 0. The van der Waals surface area contributed by atoms with Crippen molar-refractivity contribution in [2.45, 2.75) is 150 Å². The van der Waals surface area contributed by atoms with E-state index in [-0.39, 0.29) is 75.3 Å². The van der Waals surface area contributed by atoms with Gasteiger partial charge in [-0.05, 0) is 112 Å². The number of carboxylic acids is 1. The van der Waals surface area contributed by atoms with Gasteiger partial charge in [0.25, 0.3) is 0 Å². The van der Waals surface area contributed by atoms with Crippen molar-refractivity contribution in [3.63, 3.8) is 0 Å². The number of para-hydroxylation sites is 1. The smallest absolute Gasteiger partial charge is 0.326 e. The second-order valence-corrected chi connectivity index (χ2v) is 25.8. The zero-order valence-corrected chi connectivity index (χ0v) is 58.7. The maximum absolute atomic E-state index is 14.8. The van der Waals surface area contributed by atoms with Crippen LogP contribution in [0.15, 0.2) is 110 Å². The number of amides is 10. The highest BCUT2D eigenvalue weighted by Gasteiger charge is 2.37. The third-order valence-electron chi connectivity index (χ3n) is 16.4. The molecule has 10 amide bonds. The second kappa shape index (κ2) is 41.9. The first kappa shape index (κ1) is 80.5. The molecule has 6 aromatic rings. The molecule has 3 heterocycles. The van der Waals surface area contributed by atoms with Gasteiger partial charge in [-0.15, -0.1) is 0 Å². The summed E-state index contributed by atoms with van der Waals surface area (Å²) in [6.45, 7) is 1.86. The zero-order chi connectivity index (χ0) is 73.4. The fourth-order valence-corrected chi connectivity index (χ4v) is 11.7. The molecule has 101 heavy (non-hydrogen) atoms. The van der Waals surface area contributed by atoms with Crippen LogP contribution in [-0.4, -0.2) is 203 Å². The van der Waals surface area contributed by atoms with Crippen LogP contribution in [0.3, 0.4) is 0 Å². The Morgan fingerprint density at radius 2 is 0.891 bits per heavy atom. The Morgan fingerprint density at radius 1 is 0.475 bits per heavy atom. The van der Waals surface area contributed by atoms with Crippen molar-refractivity contribution >= 4 is 113 Å². The molecular formula is C67H92N18O13S3. The molecule has 0 saturated carbocycles. The molecule has 3 aromatic heterocycles. The molecule has 0 bridgehead atoms. The topological polar surface area (TPSA) is 500 Å². The number of aromatic hydroxyl groups is 1. The van der Waals surface area contributed by atoms with Crippen molar-refractivity contribution in [3.05, 3.63) is 138 Å². The lowest BCUT2D eigenvalue weighted by molar-refractivity contribution is -0.142. The normalized spacial score (nSPS) is 14.5. The van der Waals surface area contributed by atoms with Crippen molar-refractivity contribution in [1.29, 1.82) is 0 Å². The summed E-state index contributed by atoms with van der Waals surface area (Å²) in [6.07, 6.45) is 10.1. The lowest BCUT2D eigenvalue weighted by Gasteiger charge is -2.28. The van der Waals surface area contributed by atoms with Crippen LogP contribution in [0.2, 0.25) is 0 Å². The number of carbonyl (C=O) groups is 11. The van der Waals surface area contributed by atoms with Gasteiger partial charge in [0, 0.05) is 84.5 Å². The van der Waals surface area contributed by atoms with Crippen LogP contribution in [0.1, 0.15) is 79.9 Å². The highest BCUT2D eigenvalue weighted by Crippen LogP contribution is 2.20. The van der Waals surface area contributed by atoms with E-state index in [0.717, 1.165) is 10.9 Å². The van der Waals surface area contributed by atoms with Crippen molar-refractivity contribution in [1.82, 2.24) is 78.1 Å². The molecule has 0 aliphatic heterocycles. The summed E-state index contributed by atoms with van der Waals surface area (Å²) in [4.78, 5) is 172. The first-order valence-corrected chi connectivity index (χ1v) is 35.6. The van der Waals surface area contributed by atoms with E-state index >= 15 is 0 Å². The average molecular weight is 1450 g/mol. The van der Waals surface area contributed by atoms with Gasteiger partial charge in [-0.3, -0.25) is 47.9 Å². The maximum Gasteiger partial charge on any atom is 0.326 e. The molecule has 546 valence electrons. The number of phenols is 1. The van der Waals surface area contributed by atoms with Crippen LogP contribution in [-0.2, 0) is 84.8 Å². The van der Waals surface area contributed by atoms with Crippen LogP contribution in [0.5, 0.6) is 5.75 Å². The largest absolute Gasteiger partial charge is 0.508 e. The van der Waals surface area contributed by atoms with Gasteiger partial charge in [0.1, 0.15) is 66.2 Å². The Balaban J connectivity index is 1.18. The van der Waals surface area contributed by atoms with Gasteiger partial charge >= 0.3 is 5.97 Å². The molecular weight excluding hydrogens is 1360 g/mol. The van der Waals surface area contributed by atoms with Crippen LogP contribution in [0.4, 0.5) is 0 Å². The minimum Gasteiger partial charge on any atom is -0.508 e. The van der Waals surface area contributed by atoms with Gasteiger partial charge < -0.3 is 95.5 Å². The minimum absolute atomic E-state index is 0.000103. The number of nitrogens with zero attached hydrogens (tertiary/aromatic N) is 2. The minimum atomic E-state index is -1.50. The number of benzene rings is 3. The van der Waals surface area contributed by atoms with Gasteiger partial charge in [-0.25, -0.2) is 14.8 Å². The van der Waals surface area contributed by atoms with Gasteiger partial charge in [-0.2, -0.15) is 37.0 Å². The Morgan fingerprint density at radius 3 is 1.35 bits per heavy atom. The highest BCUT2D eigenvalue weighted by atomic mass is 32.2. The zero-order valence-electron chi connectivity index (χ0n) is 56.1. The van der Waals surface area contributed by atoms with E-state index in [0.29, 0.717) is 65.9 Å². The van der Waals surface area contributed by atoms with Crippen molar-refractivity contribution in [2.75, 3.05) is 36.6 Å². The molecule has 0 saturated heterocycles. The van der Waals surface area contributed by atoms with Crippen molar-refractivity contribution in [2.24, 2.45) is 17.2 Å². The van der Waals surface area contributed by atoms with Crippen LogP contribution < -0.4 is 70.4 Å². The van der Waals surface area contributed by atoms with Gasteiger partial charge in [-0.1, -0.05) is 60.7 Å². The Bertz CT molecular complexity index is 3670. The number of imidazole rings is 2. The number of aromatic amines is 3. The number of thioether (sulfide) groups is 1. The van der Waals surface area contributed by atoms with E-state index < -0.39 is 132 Å². The van der Waals surface area contributed by atoms with E-state index in [1.807, 2.05) is 24.5 Å². The summed E-state index contributed by atoms with van der Waals surface area (Å²) in [5, 5.41) is 47.6. The number of hydrogen-bond acceptors (Lipinski definition) is 20. The van der Waals surface area contributed by atoms with E-state index in [9.17, 15) is 63.0 Å². The molecule has 0 fully saturated rings. The van der Waals surface area contributed by atoms with Crippen molar-refractivity contribution < 1.29 is 63.0 Å². The molecule has 0 aliphatic carbocycles. The molecule has 21 N–H and O–H groups in total. The number of aromatic nitrogens is 5. The number of rotatable bonds is 44. The van der Waals surface area contributed by atoms with Gasteiger partial charge in [0.05, 0.1) is 18.7 Å². The van der Waals surface area contributed by atoms with E-state index in [1.54, 1.807) is 42.6 Å². The highest BCUT2D eigenvalue weighted by molar-refractivity contribution is 7.98. The molecule has 0 spiro atoms. The number of unbranched alkanes of at least 4 members (excludes halogenated alkanes) is 2. The van der Waals surface area contributed by atoms with Gasteiger partial charge in [0.2, 0.25) is 59.1 Å². The SMILES string of the molecule is CSCC[C@H](N)C(=O)N[C@@H](C)C(=O)N[C@@H](Cc1ccc(O)cc1)C(=O)N[C@@H](CS)C(=O)N[C@@H](CCCCN)C(=O)N[C@@H](CS)C(=O)N[C@@H](Cc1cnc[nH]1)C(=O)N[C@@H](Cc1ccccc1)C(=O)N[C@@H](CCCCN)C(=O)N[C@@H](Cc1cnc[nH]1)C(=O)N[C@@H](Cc1c[nH]c2ccccc12)C(=O)O. The fourth-order valence-electron chi connectivity index (χ4n) is 10.7. The number of carbonyl (C=O) groups excluding carboxylic acids is 10. The molecule has 31 nitrogen and oxygen atoms in total. The molecule has 0 radical (unpaired) electrons. The Hall–Kier alpha value is -9.48. The Labute approximate surface area is 599 Å². The van der Waals surface area contributed by atoms with E-state index in [2.05, 4.69) is 103 Å². The lowest BCUT2D eigenvalue weighted by Crippen LogP contribution is -2.61. The second-order valence-electron chi connectivity index (χ2n) is 24.1. The molecule has 0 unspecified atom stereocenters. The van der Waals surface area contributed by atoms with Crippen molar-refractivity contribution in [3.8, 4) is 5.75 Å². The van der Waals surface area contributed by atoms with E-state index in [4.69, 9.17) is 17.2 Å². The fraction of sp³-hybridized carbons (Fsp3) is 0.448. The summed E-state index contributed by atoms with van der Waals surface area (Å²) < 4.78 is 0. The summed E-state index contributed by atoms with van der Waals surface area (Å²) in [6, 6.07) is 6.86. The first-order valence-electron chi connectivity index (χ1n) is 33.0. The molecule has 11 atom stereocenters. The number of nitrogens with two attached hydrogens (primary N) is 3. The number of hydrogen-bond donors (Lipinski definition) is 20. The number of thiol groups is 2. The standard InChI is InChI=1S/C67H92N18O13S3/c1-38(76-58(88)46(70)22-25-101-2)57(87)79-50(27-40-18-20-44(86)21-19-40)62(92)85-55(34-99)65(95)78-49(17-9-11-24-69)60(90)84-56(35-100)66(96)82-52(29-42-32-71-36-74-42)63(93)80-51(26-39-12-4-3-5-13-39)61(91)77-48(16-8-10-23-68)59(89)81-53(30-43-33-72-37-75-43)64(94)83-54(67(97)98)28-41-31-73-47-15-7-6-14-45(41)47/h3-7,12-15,18-21,31-33,36-38,46,48-56,73,86,99-100H,8-11,16-17,22-30,34-35,68-70H2,1-2H3,(H,71,74)(H,72,75)(H,76,88)(H,77,91)(H,78,95)(H,79,87)(H,80,93)(H,81,89)(H,82,96)(H,83,94)(H,84,90)(H,85,92)(H,97,98)/t38-,46-,48-,49-,50-,51-,52-,53-,54-,55-,56-/m0/s1. The summed E-state index contributed by atoms with van der Waals surface area (Å²) in [5.74, 6) is -9.70. The van der Waals surface area contributed by atoms with Crippen LogP contribution >= 0.6 is 37.0 Å². The number of carboxylic acid groups (broad SMARTS) is 1. The number of nitrogens with one attached hydrogen (secondary N) is 13.